The number of guanidine groups is 1. The van der Waals surface area contributed by atoms with E-state index in [1.807, 2.05) is 53.3 Å². The van der Waals surface area contributed by atoms with E-state index in [1.54, 1.807) is 6.20 Å². The Morgan fingerprint density at radius 3 is 2.48 bits per heavy atom. The Kier molecular flexibility index (Phi) is 6.58. The van der Waals surface area contributed by atoms with Crippen LogP contribution in [0.25, 0.3) is 5.69 Å². The highest BCUT2D eigenvalue weighted by Crippen LogP contribution is 2.13. The standard InChI is InChI=1S/C19H21N5.HI/c1-14-8-15(2)10-17(9-14)23-19(20)21-11-16-12-22-24(13-16)18-6-4-3-5-7-18;/h3-10,12-13H,11H2,1-2H3,(H3,20,21,23);1H. The first kappa shape index (κ1) is 19.0. The predicted molar refractivity (Wildman–Crippen MR) is 114 cm³/mol. The largest absolute Gasteiger partial charge is 0.370 e. The average molecular weight is 447 g/mol. The summed E-state index contributed by atoms with van der Waals surface area (Å²) in [4.78, 5) is 4.39. The zero-order valence-electron chi connectivity index (χ0n) is 14.3. The van der Waals surface area contributed by atoms with Crippen molar-refractivity contribution in [1.29, 1.82) is 0 Å². The Labute approximate surface area is 165 Å². The molecule has 0 spiro atoms. The van der Waals surface area contributed by atoms with E-state index < -0.39 is 0 Å². The van der Waals surface area contributed by atoms with Crippen molar-refractivity contribution in [3.63, 3.8) is 0 Å². The minimum Gasteiger partial charge on any atom is -0.370 e. The number of hydrogen-bond donors (Lipinski definition) is 2. The maximum Gasteiger partial charge on any atom is 0.193 e. The van der Waals surface area contributed by atoms with E-state index in [-0.39, 0.29) is 24.0 Å². The number of nitrogens with one attached hydrogen (secondary N) is 1. The highest BCUT2D eigenvalue weighted by atomic mass is 127. The number of anilines is 1. The van der Waals surface area contributed by atoms with Crippen LogP contribution in [0.15, 0.2) is 65.9 Å². The average Bonchev–Trinajstić information content (AvgIpc) is 3.02. The molecule has 3 rings (SSSR count). The summed E-state index contributed by atoms with van der Waals surface area (Å²) >= 11 is 0. The summed E-state index contributed by atoms with van der Waals surface area (Å²) in [7, 11) is 0. The lowest BCUT2D eigenvalue weighted by Crippen LogP contribution is -2.22. The van der Waals surface area contributed by atoms with Gasteiger partial charge in [0.2, 0.25) is 0 Å². The van der Waals surface area contributed by atoms with E-state index in [0.29, 0.717) is 12.5 Å². The fourth-order valence-corrected chi connectivity index (χ4v) is 2.57. The lowest BCUT2D eigenvalue weighted by atomic mass is 10.1. The quantitative estimate of drug-likeness (QED) is 0.361. The van der Waals surface area contributed by atoms with Crippen molar-refractivity contribution in [1.82, 2.24) is 9.78 Å². The van der Waals surface area contributed by atoms with E-state index in [4.69, 9.17) is 5.73 Å². The number of aromatic nitrogens is 2. The summed E-state index contributed by atoms with van der Waals surface area (Å²) in [5, 5.41) is 7.49. The molecular weight excluding hydrogens is 425 g/mol. The second-order valence-electron chi connectivity index (χ2n) is 5.83. The van der Waals surface area contributed by atoms with Gasteiger partial charge in [-0.2, -0.15) is 5.10 Å². The van der Waals surface area contributed by atoms with Crippen LogP contribution < -0.4 is 11.1 Å². The summed E-state index contributed by atoms with van der Waals surface area (Å²) < 4.78 is 1.83. The summed E-state index contributed by atoms with van der Waals surface area (Å²) in [6.07, 6.45) is 3.77. The third-order valence-electron chi connectivity index (χ3n) is 3.58. The number of benzene rings is 2. The molecule has 0 amide bonds. The van der Waals surface area contributed by atoms with Crippen LogP contribution in [-0.4, -0.2) is 15.7 Å². The summed E-state index contributed by atoms with van der Waals surface area (Å²) in [5.74, 6) is 0.396. The van der Waals surface area contributed by atoms with Crippen LogP contribution in [0, 0.1) is 13.8 Å². The molecule has 130 valence electrons. The van der Waals surface area contributed by atoms with Gasteiger partial charge in [0.25, 0.3) is 0 Å². The molecule has 0 fully saturated rings. The van der Waals surface area contributed by atoms with Crippen LogP contribution in [0.3, 0.4) is 0 Å². The highest BCUT2D eigenvalue weighted by Gasteiger charge is 2.01. The molecule has 1 aromatic heterocycles. The molecule has 0 aliphatic heterocycles. The van der Waals surface area contributed by atoms with Gasteiger partial charge in [0.05, 0.1) is 18.4 Å². The maximum atomic E-state index is 5.98. The molecule has 1 heterocycles. The first-order chi connectivity index (χ1) is 11.6. The van der Waals surface area contributed by atoms with E-state index in [9.17, 15) is 0 Å². The number of para-hydroxylation sites is 1. The smallest absolute Gasteiger partial charge is 0.193 e. The van der Waals surface area contributed by atoms with Gasteiger partial charge in [-0.1, -0.05) is 24.3 Å². The zero-order chi connectivity index (χ0) is 16.9. The molecule has 5 nitrogen and oxygen atoms in total. The fourth-order valence-electron chi connectivity index (χ4n) is 2.57. The van der Waals surface area contributed by atoms with Gasteiger partial charge >= 0.3 is 0 Å². The summed E-state index contributed by atoms with van der Waals surface area (Å²) in [6.45, 7) is 4.60. The number of nitrogens with zero attached hydrogens (tertiary/aromatic N) is 3. The van der Waals surface area contributed by atoms with Crippen molar-refractivity contribution < 1.29 is 0 Å². The molecule has 0 bridgehead atoms. The minimum atomic E-state index is 0. The number of nitrogens with two attached hydrogens (primary N) is 1. The van der Waals surface area contributed by atoms with Crippen LogP contribution in [-0.2, 0) is 6.54 Å². The Bertz CT molecular complexity index is 835. The number of aliphatic imine (C=N–C) groups is 1. The number of hydrogen-bond acceptors (Lipinski definition) is 2. The predicted octanol–water partition coefficient (Wildman–Crippen LogP) is 4.03. The molecule has 3 aromatic rings. The summed E-state index contributed by atoms with van der Waals surface area (Å²) in [5.41, 5.74) is 11.3. The Morgan fingerprint density at radius 1 is 1.12 bits per heavy atom. The highest BCUT2D eigenvalue weighted by molar-refractivity contribution is 14.0. The number of rotatable bonds is 4. The van der Waals surface area contributed by atoms with Crippen LogP contribution in [0.2, 0.25) is 0 Å². The van der Waals surface area contributed by atoms with Gasteiger partial charge in [-0.15, -0.1) is 24.0 Å². The SMILES string of the molecule is Cc1cc(C)cc(NC(N)=NCc2cnn(-c3ccccc3)c2)c1.I. The molecule has 0 saturated heterocycles. The third kappa shape index (κ3) is 5.32. The molecule has 0 aliphatic rings. The molecule has 6 heteroatoms. The second-order valence-corrected chi connectivity index (χ2v) is 5.83. The van der Waals surface area contributed by atoms with Crippen molar-refractivity contribution in [2.75, 3.05) is 5.32 Å². The van der Waals surface area contributed by atoms with E-state index in [0.717, 1.165) is 16.9 Å². The van der Waals surface area contributed by atoms with Gasteiger partial charge in [0.15, 0.2) is 5.96 Å². The van der Waals surface area contributed by atoms with Crippen LogP contribution >= 0.6 is 24.0 Å². The van der Waals surface area contributed by atoms with Gasteiger partial charge in [0, 0.05) is 17.4 Å². The van der Waals surface area contributed by atoms with Crippen molar-refractivity contribution in [3.8, 4) is 5.69 Å². The number of aryl methyl sites for hydroxylation is 2. The van der Waals surface area contributed by atoms with Crippen molar-refractivity contribution in [3.05, 3.63) is 77.6 Å². The summed E-state index contributed by atoms with van der Waals surface area (Å²) in [6, 6.07) is 16.2. The number of halogens is 1. The first-order valence-corrected chi connectivity index (χ1v) is 7.84. The van der Waals surface area contributed by atoms with Crippen LogP contribution in [0.1, 0.15) is 16.7 Å². The van der Waals surface area contributed by atoms with Crippen molar-refractivity contribution in [2.24, 2.45) is 10.7 Å². The lowest BCUT2D eigenvalue weighted by molar-refractivity contribution is 0.879. The van der Waals surface area contributed by atoms with Gasteiger partial charge in [0.1, 0.15) is 0 Å². The molecule has 0 radical (unpaired) electrons. The molecule has 25 heavy (non-hydrogen) atoms. The molecule has 0 atom stereocenters. The van der Waals surface area contributed by atoms with E-state index >= 15 is 0 Å². The molecule has 3 N–H and O–H groups in total. The van der Waals surface area contributed by atoms with E-state index in [2.05, 4.69) is 35.3 Å². The fraction of sp³-hybridized carbons (Fsp3) is 0.158. The molecule has 0 aliphatic carbocycles. The van der Waals surface area contributed by atoms with Crippen LogP contribution in [0.5, 0.6) is 0 Å². The van der Waals surface area contributed by atoms with Crippen LogP contribution in [0.4, 0.5) is 5.69 Å². The minimum absolute atomic E-state index is 0. The second kappa shape index (κ2) is 8.66. The third-order valence-corrected chi connectivity index (χ3v) is 3.58. The van der Waals surface area contributed by atoms with Gasteiger partial charge in [-0.05, 0) is 49.2 Å². The molecule has 0 saturated carbocycles. The Balaban J connectivity index is 0.00000225. The Hall–Kier alpha value is -2.35. The van der Waals surface area contributed by atoms with E-state index in [1.165, 1.54) is 11.1 Å². The van der Waals surface area contributed by atoms with Gasteiger partial charge in [-0.3, -0.25) is 0 Å². The topological polar surface area (TPSA) is 68.2 Å². The van der Waals surface area contributed by atoms with Crippen molar-refractivity contribution >= 4 is 35.6 Å². The molecular formula is C19H22IN5. The molecule has 2 aromatic carbocycles. The lowest BCUT2D eigenvalue weighted by Gasteiger charge is -2.07. The normalized spacial score (nSPS) is 11.0. The Morgan fingerprint density at radius 2 is 1.80 bits per heavy atom. The van der Waals surface area contributed by atoms with Gasteiger partial charge in [-0.25, -0.2) is 9.67 Å². The molecule has 0 unspecified atom stereocenters. The van der Waals surface area contributed by atoms with Gasteiger partial charge < -0.3 is 11.1 Å². The van der Waals surface area contributed by atoms with Crippen molar-refractivity contribution in [2.45, 2.75) is 20.4 Å². The maximum absolute atomic E-state index is 5.98. The monoisotopic (exact) mass is 447 g/mol. The first-order valence-electron chi connectivity index (χ1n) is 7.84. The zero-order valence-corrected chi connectivity index (χ0v) is 16.6.